The molecule has 4 rings (SSSR count). The second-order valence-corrected chi connectivity index (χ2v) is 13.3. The van der Waals surface area contributed by atoms with Crippen molar-refractivity contribution in [3.8, 4) is 0 Å². The molecule has 0 heterocycles. The van der Waals surface area contributed by atoms with Crippen molar-refractivity contribution >= 4 is 11.9 Å². The van der Waals surface area contributed by atoms with E-state index in [-0.39, 0.29) is 23.2 Å². The first-order valence-electron chi connectivity index (χ1n) is 14.3. The van der Waals surface area contributed by atoms with Crippen molar-refractivity contribution in [1.29, 1.82) is 0 Å². The Labute approximate surface area is 218 Å². The average molecular weight is 503 g/mol. The fourth-order valence-electron chi connectivity index (χ4n) is 9.49. The summed E-state index contributed by atoms with van der Waals surface area (Å²) in [4.78, 5) is 27.4. The van der Waals surface area contributed by atoms with E-state index in [9.17, 15) is 14.7 Å². The van der Waals surface area contributed by atoms with Crippen LogP contribution in [0.1, 0.15) is 86.5 Å². The van der Waals surface area contributed by atoms with Crippen molar-refractivity contribution in [2.24, 2.45) is 40.4 Å². The van der Waals surface area contributed by atoms with Gasteiger partial charge in [-0.15, -0.1) is 0 Å². The third kappa shape index (κ3) is 4.44. The third-order valence-electron chi connectivity index (χ3n) is 11.6. The van der Waals surface area contributed by atoms with E-state index in [1.807, 2.05) is 6.92 Å². The van der Waals surface area contributed by atoms with Crippen LogP contribution >= 0.6 is 0 Å². The summed E-state index contributed by atoms with van der Waals surface area (Å²) in [6, 6.07) is 0.00917. The highest BCUT2D eigenvalue weighted by molar-refractivity contribution is 5.93. The fraction of sp³-hybridized carbons (Fsp3) is 0.867. The largest absolute Gasteiger partial charge is 0.460 e. The van der Waals surface area contributed by atoms with E-state index in [4.69, 9.17) is 4.74 Å². The maximum absolute atomic E-state index is 12.7. The minimum Gasteiger partial charge on any atom is -0.460 e. The molecule has 2 N–H and O–H groups in total. The third-order valence-corrected chi connectivity index (χ3v) is 11.6. The SMILES string of the molecule is CC=C(C)C(=O)NC1C(O)CC2(C)C3CCC4(C)C(CCC4C(C)N(C)C)C3CCC2C1OC(C)=O. The number of nitrogens with one attached hydrogen (secondary N) is 1. The van der Waals surface area contributed by atoms with E-state index in [2.05, 4.69) is 45.1 Å². The fourth-order valence-corrected chi connectivity index (χ4v) is 9.49. The number of hydrogen-bond acceptors (Lipinski definition) is 5. The van der Waals surface area contributed by atoms with Crippen molar-refractivity contribution in [1.82, 2.24) is 10.2 Å². The summed E-state index contributed by atoms with van der Waals surface area (Å²) in [5, 5.41) is 14.5. The Morgan fingerprint density at radius 1 is 1.03 bits per heavy atom. The van der Waals surface area contributed by atoms with Gasteiger partial charge in [-0.3, -0.25) is 9.59 Å². The molecule has 0 saturated heterocycles. The minimum absolute atomic E-state index is 0.105. The number of hydrogen-bond donors (Lipinski definition) is 2. The second-order valence-electron chi connectivity index (χ2n) is 13.3. The van der Waals surface area contributed by atoms with E-state index in [0.717, 1.165) is 24.7 Å². The van der Waals surface area contributed by atoms with E-state index < -0.39 is 18.2 Å². The lowest BCUT2D eigenvalue weighted by molar-refractivity contribution is -0.197. The average Bonchev–Trinajstić information content (AvgIpc) is 3.16. The zero-order valence-electron chi connectivity index (χ0n) is 23.8. The van der Waals surface area contributed by atoms with Crippen LogP contribution in [0.5, 0.6) is 0 Å². The van der Waals surface area contributed by atoms with E-state index in [0.29, 0.717) is 35.3 Å². The number of ether oxygens (including phenoxy) is 1. The molecule has 6 heteroatoms. The van der Waals surface area contributed by atoms with Gasteiger partial charge >= 0.3 is 5.97 Å². The Morgan fingerprint density at radius 2 is 1.67 bits per heavy atom. The number of aliphatic hydroxyl groups excluding tert-OH is 1. The number of nitrogens with zero attached hydrogens (tertiary/aromatic N) is 1. The molecule has 1 amide bonds. The highest BCUT2D eigenvalue weighted by Gasteiger charge is 2.64. The van der Waals surface area contributed by atoms with Gasteiger partial charge in [0.2, 0.25) is 5.91 Å². The number of rotatable bonds is 5. The molecule has 6 nitrogen and oxygen atoms in total. The summed E-state index contributed by atoms with van der Waals surface area (Å²) < 4.78 is 5.95. The lowest BCUT2D eigenvalue weighted by atomic mass is 9.43. The number of allylic oxidation sites excluding steroid dienone is 1. The van der Waals surface area contributed by atoms with E-state index >= 15 is 0 Å². The number of amides is 1. The first kappa shape index (κ1) is 27.6. The summed E-state index contributed by atoms with van der Waals surface area (Å²) >= 11 is 0. The highest BCUT2D eigenvalue weighted by Crippen LogP contribution is 2.68. The number of carbonyl (C=O) groups is 2. The normalized spacial score (nSPS) is 45.3. The van der Waals surface area contributed by atoms with Crippen LogP contribution in [-0.2, 0) is 14.3 Å². The van der Waals surface area contributed by atoms with E-state index in [1.165, 1.54) is 32.6 Å². The molecule has 204 valence electrons. The van der Waals surface area contributed by atoms with Gasteiger partial charge in [-0.25, -0.2) is 0 Å². The molecule has 0 spiro atoms. The molecule has 4 saturated carbocycles. The van der Waals surface area contributed by atoms with Crippen LogP contribution in [0.25, 0.3) is 0 Å². The van der Waals surface area contributed by atoms with Gasteiger partial charge < -0.3 is 20.1 Å². The standard InChI is InChI=1S/C30H50N2O4/c1-9-17(2)28(35)31-26-25(34)16-30(6)23-14-15-29(5)21(18(3)32(7)8)12-13-22(29)20(23)10-11-24(30)27(26)36-19(4)33/h9,18,20-27,34H,10-16H2,1-8H3,(H,31,35). The minimum atomic E-state index is -0.735. The number of aliphatic hydroxyl groups is 1. The zero-order valence-corrected chi connectivity index (χ0v) is 23.8. The summed E-state index contributed by atoms with van der Waals surface area (Å²) in [5.41, 5.74) is 0.874. The Bertz CT molecular complexity index is 886. The van der Waals surface area contributed by atoms with Crippen LogP contribution in [0.15, 0.2) is 11.6 Å². The van der Waals surface area contributed by atoms with Gasteiger partial charge in [0.15, 0.2) is 0 Å². The number of esters is 1. The van der Waals surface area contributed by atoms with Crippen LogP contribution < -0.4 is 5.32 Å². The van der Waals surface area contributed by atoms with Crippen LogP contribution in [0.3, 0.4) is 0 Å². The van der Waals surface area contributed by atoms with Gasteiger partial charge in [-0.05, 0) is 114 Å². The maximum atomic E-state index is 12.7. The molecule has 0 radical (unpaired) electrons. The van der Waals surface area contributed by atoms with Crippen molar-refractivity contribution in [2.75, 3.05) is 14.1 Å². The van der Waals surface area contributed by atoms with Gasteiger partial charge in [-0.2, -0.15) is 0 Å². The molecule has 36 heavy (non-hydrogen) atoms. The lowest BCUT2D eigenvalue weighted by Crippen LogP contribution is -2.66. The molecule has 0 aromatic heterocycles. The molecule has 4 aliphatic carbocycles. The van der Waals surface area contributed by atoms with Gasteiger partial charge in [0.05, 0.1) is 12.1 Å². The van der Waals surface area contributed by atoms with Crippen LogP contribution in [0.4, 0.5) is 0 Å². The molecule has 0 bridgehead atoms. The Balaban J connectivity index is 1.61. The number of carbonyl (C=O) groups excluding carboxylic acids is 2. The van der Waals surface area contributed by atoms with Crippen LogP contribution in [-0.4, -0.2) is 60.3 Å². The predicted molar refractivity (Wildman–Crippen MR) is 142 cm³/mol. The molecule has 4 aliphatic rings. The van der Waals surface area contributed by atoms with Crippen molar-refractivity contribution in [3.05, 3.63) is 11.6 Å². The first-order chi connectivity index (χ1) is 16.8. The number of fused-ring (bicyclic) bond motifs is 5. The van der Waals surface area contributed by atoms with Crippen molar-refractivity contribution in [3.63, 3.8) is 0 Å². The lowest BCUT2D eigenvalue weighted by Gasteiger charge is -2.63. The molecular formula is C30H50N2O4. The summed E-state index contributed by atoms with van der Waals surface area (Å²) in [6.45, 7) is 12.3. The quantitative estimate of drug-likeness (QED) is 0.426. The predicted octanol–water partition coefficient (Wildman–Crippen LogP) is 4.56. The second kappa shape index (κ2) is 10.1. The molecule has 11 atom stereocenters. The first-order valence-corrected chi connectivity index (χ1v) is 14.3. The maximum Gasteiger partial charge on any atom is 0.302 e. The Hall–Kier alpha value is -1.40. The highest BCUT2D eigenvalue weighted by atomic mass is 16.5. The van der Waals surface area contributed by atoms with Gasteiger partial charge in [0.1, 0.15) is 6.10 Å². The topological polar surface area (TPSA) is 78.9 Å². The van der Waals surface area contributed by atoms with Gasteiger partial charge in [0, 0.05) is 24.5 Å². The molecule has 11 unspecified atom stereocenters. The molecule has 4 fully saturated rings. The summed E-state index contributed by atoms with van der Waals surface area (Å²) in [6.07, 6.45) is 8.34. The molecule has 0 aliphatic heterocycles. The summed E-state index contributed by atoms with van der Waals surface area (Å²) in [5.74, 6) is 2.23. The smallest absolute Gasteiger partial charge is 0.302 e. The molecule has 0 aromatic rings. The summed E-state index contributed by atoms with van der Waals surface area (Å²) in [7, 11) is 4.43. The van der Waals surface area contributed by atoms with Crippen LogP contribution in [0, 0.1) is 40.4 Å². The van der Waals surface area contributed by atoms with E-state index in [1.54, 1.807) is 13.0 Å². The molecule has 0 aromatic carbocycles. The monoisotopic (exact) mass is 502 g/mol. The zero-order chi connectivity index (χ0) is 26.6. The van der Waals surface area contributed by atoms with Gasteiger partial charge in [-0.1, -0.05) is 19.9 Å². The van der Waals surface area contributed by atoms with Crippen LogP contribution in [0.2, 0.25) is 0 Å². The Morgan fingerprint density at radius 3 is 2.28 bits per heavy atom. The van der Waals surface area contributed by atoms with Crippen molar-refractivity contribution in [2.45, 2.75) is 111 Å². The molecular weight excluding hydrogens is 452 g/mol. The van der Waals surface area contributed by atoms with Gasteiger partial charge in [0.25, 0.3) is 0 Å². The van der Waals surface area contributed by atoms with Crippen molar-refractivity contribution < 1.29 is 19.4 Å². The Kier molecular flexibility index (Phi) is 7.72.